The number of hydrogen-bond donors (Lipinski definition) is 0. The highest BCUT2D eigenvalue weighted by Crippen LogP contribution is 2.22. The molecule has 0 atom stereocenters. The molecule has 9 heteroatoms. The van der Waals surface area contributed by atoms with Gasteiger partial charge < -0.3 is 14.1 Å². The van der Waals surface area contributed by atoms with E-state index in [1.807, 2.05) is 6.92 Å². The monoisotopic (exact) mass is 398 g/mol. The molecule has 1 aliphatic heterocycles. The van der Waals surface area contributed by atoms with E-state index in [1.165, 1.54) is 15.9 Å². The van der Waals surface area contributed by atoms with E-state index in [0.29, 0.717) is 23.3 Å². The number of fused-ring (bicyclic) bond motifs is 1. The Morgan fingerprint density at radius 1 is 1.18 bits per heavy atom. The Morgan fingerprint density at radius 2 is 1.89 bits per heavy atom. The third kappa shape index (κ3) is 4.83. The summed E-state index contributed by atoms with van der Waals surface area (Å²) in [5.41, 5.74) is -0.591. The SMILES string of the molecule is CCCOc1ccc2cc(C(=O)N3CCN(CC(F)(F)F)CC3)c(=O)oc2c1. The molecule has 1 aliphatic rings. The highest BCUT2D eigenvalue weighted by molar-refractivity contribution is 5.96. The Bertz CT molecular complexity index is 902. The average molecular weight is 398 g/mol. The predicted molar refractivity (Wildman–Crippen MR) is 96.7 cm³/mol. The molecule has 0 N–H and O–H groups in total. The number of carbonyl (C=O) groups excluding carboxylic acids is 1. The Kier molecular flexibility index (Phi) is 5.93. The van der Waals surface area contributed by atoms with Gasteiger partial charge >= 0.3 is 11.8 Å². The maximum absolute atomic E-state index is 12.7. The summed E-state index contributed by atoms with van der Waals surface area (Å²) in [6.07, 6.45) is -3.43. The molecular weight excluding hydrogens is 377 g/mol. The van der Waals surface area contributed by atoms with Gasteiger partial charge in [-0.3, -0.25) is 9.69 Å². The van der Waals surface area contributed by atoms with Gasteiger partial charge in [-0.2, -0.15) is 13.2 Å². The fourth-order valence-electron chi connectivity index (χ4n) is 3.08. The molecule has 1 aromatic heterocycles. The van der Waals surface area contributed by atoms with Gasteiger partial charge in [0, 0.05) is 37.6 Å². The lowest BCUT2D eigenvalue weighted by molar-refractivity contribution is -0.148. The summed E-state index contributed by atoms with van der Waals surface area (Å²) in [4.78, 5) is 27.6. The van der Waals surface area contributed by atoms with E-state index in [4.69, 9.17) is 9.15 Å². The van der Waals surface area contributed by atoms with Gasteiger partial charge in [0.25, 0.3) is 5.91 Å². The van der Waals surface area contributed by atoms with Crippen molar-refractivity contribution >= 4 is 16.9 Å². The fraction of sp³-hybridized carbons (Fsp3) is 0.474. The number of piperazine rings is 1. The van der Waals surface area contributed by atoms with Crippen LogP contribution in [0.5, 0.6) is 5.75 Å². The highest BCUT2D eigenvalue weighted by Gasteiger charge is 2.33. The summed E-state index contributed by atoms with van der Waals surface area (Å²) in [5.74, 6) is 0.0333. The molecule has 0 bridgehead atoms. The lowest BCUT2D eigenvalue weighted by Gasteiger charge is -2.34. The van der Waals surface area contributed by atoms with Crippen LogP contribution >= 0.6 is 0 Å². The molecule has 0 unspecified atom stereocenters. The molecule has 2 aromatic rings. The Balaban J connectivity index is 1.73. The number of hydrogen-bond acceptors (Lipinski definition) is 5. The summed E-state index contributed by atoms with van der Waals surface area (Å²) in [6.45, 7) is 1.95. The number of ether oxygens (including phenoxy) is 1. The van der Waals surface area contributed by atoms with Crippen molar-refractivity contribution in [3.63, 3.8) is 0 Å². The number of rotatable bonds is 5. The molecule has 6 nitrogen and oxygen atoms in total. The van der Waals surface area contributed by atoms with Crippen LogP contribution in [0, 0.1) is 0 Å². The molecule has 2 heterocycles. The normalized spacial score (nSPS) is 15.8. The molecule has 1 fully saturated rings. The Labute approximate surface area is 159 Å². The maximum atomic E-state index is 12.7. The summed E-state index contributed by atoms with van der Waals surface area (Å²) < 4.78 is 48.2. The van der Waals surface area contributed by atoms with Crippen LogP contribution < -0.4 is 10.4 Å². The van der Waals surface area contributed by atoms with E-state index in [2.05, 4.69) is 0 Å². The number of carbonyl (C=O) groups is 1. The van der Waals surface area contributed by atoms with Crippen LogP contribution in [0.3, 0.4) is 0 Å². The molecule has 152 valence electrons. The molecule has 1 saturated heterocycles. The number of halogens is 3. The minimum Gasteiger partial charge on any atom is -0.493 e. The van der Waals surface area contributed by atoms with Crippen molar-refractivity contribution in [2.24, 2.45) is 0 Å². The zero-order valence-corrected chi connectivity index (χ0v) is 15.4. The van der Waals surface area contributed by atoms with Crippen molar-refractivity contribution in [1.82, 2.24) is 9.80 Å². The molecule has 0 aliphatic carbocycles. The van der Waals surface area contributed by atoms with Gasteiger partial charge in [-0.25, -0.2) is 4.79 Å². The van der Waals surface area contributed by atoms with Gasteiger partial charge in [-0.05, 0) is 24.6 Å². The van der Waals surface area contributed by atoms with Gasteiger partial charge in [0.05, 0.1) is 13.2 Å². The Morgan fingerprint density at radius 3 is 2.54 bits per heavy atom. The number of alkyl halides is 3. The molecule has 28 heavy (non-hydrogen) atoms. The van der Waals surface area contributed by atoms with E-state index in [0.717, 1.165) is 6.42 Å². The van der Waals surface area contributed by atoms with Crippen LogP contribution in [0.25, 0.3) is 11.0 Å². The van der Waals surface area contributed by atoms with Crippen molar-refractivity contribution < 1.29 is 27.1 Å². The molecule has 0 spiro atoms. The first-order valence-corrected chi connectivity index (χ1v) is 9.06. The third-order valence-corrected chi connectivity index (χ3v) is 4.47. The molecule has 0 radical (unpaired) electrons. The predicted octanol–water partition coefficient (Wildman–Crippen LogP) is 2.90. The number of nitrogens with zero attached hydrogens (tertiary/aromatic N) is 2. The van der Waals surface area contributed by atoms with Crippen molar-refractivity contribution in [1.29, 1.82) is 0 Å². The average Bonchev–Trinajstić information content (AvgIpc) is 2.64. The minimum absolute atomic E-state index is 0.0995. The molecule has 1 aromatic carbocycles. The third-order valence-electron chi connectivity index (χ3n) is 4.47. The van der Waals surface area contributed by atoms with E-state index in [9.17, 15) is 22.8 Å². The van der Waals surface area contributed by atoms with Crippen molar-refractivity contribution in [2.75, 3.05) is 39.3 Å². The van der Waals surface area contributed by atoms with Crippen LogP contribution in [0.15, 0.2) is 33.5 Å². The van der Waals surface area contributed by atoms with Crippen LogP contribution in [-0.2, 0) is 0 Å². The maximum Gasteiger partial charge on any atom is 0.401 e. The van der Waals surface area contributed by atoms with Gasteiger partial charge in [0.15, 0.2) is 0 Å². The number of amides is 1. The molecular formula is C19H21F3N2O4. The first-order chi connectivity index (χ1) is 13.3. The van der Waals surface area contributed by atoms with E-state index in [1.54, 1.807) is 18.2 Å². The topological polar surface area (TPSA) is 63.0 Å². The summed E-state index contributed by atoms with van der Waals surface area (Å²) in [5, 5.41) is 0.572. The van der Waals surface area contributed by atoms with Crippen LogP contribution in [0.1, 0.15) is 23.7 Å². The first kappa shape index (κ1) is 20.2. The summed E-state index contributed by atoms with van der Waals surface area (Å²) in [7, 11) is 0. The second-order valence-corrected chi connectivity index (χ2v) is 6.68. The first-order valence-electron chi connectivity index (χ1n) is 9.06. The zero-order chi connectivity index (χ0) is 20.3. The van der Waals surface area contributed by atoms with Gasteiger partial charge in [0.1, 0.15) is 16.9 Å². The van der Waals surface area contributed by atoms with Crippen LogP contribution in [0.2, 0.25) is 0 Å². The van der Waals surface area contributed by atoms with Gasteiger partial charge in [0.2, 0.25) is 0 Å². The van der Waals surface area contributed by atoms with E-state index < -0.39 is 24.3 Å². The Hall–Kier alpha value is -2.55. The largest absolute Gasteiger partial charge is 0.493 e. The van der Waals surface area contributed by atoms with E-state index >= 15 is 0 Å². The van der Waals surface area contributed by atoms with Crippen LogP contribution in [-0.4, -0.2) is 61.2 Å². The second-order valence-electron chi connectivity index (χ2n) is 6.68. The number of benzene rings is 1. The molecule has 1 amide bonds. The van der Waals surface area contributed by atoms with Gasteiger partial charge in [-0.15, -0.1) is 0 Å². The molecule has 3 rings (SSSR count). The van der Waals surface area contributed by atoms with E-state index in [-0.39, 0.29) is 31.7 Å². The lowest BCUT2D eigenvalue weighted by Crippen LogP contribution is -2.51. The van der Waals surface area contributed by atoms with Crippen LogP contribution in [0.4, 0.5) is 13.2 Å². The van der Waals surface area contributed by atoms with Gasteiger partial charge in [-0.1, -0.05) is 6.92 Å². The highest BCUT2D eigenvalue weighted by atomic mass is 19.4. The van der Waals surface area contributed by atoms with Crippen molar-refractivity contribution in [2.45, 2.75) is 19.5 Å². The summed E-state index contributed by atoms with van der Waals surface area (Å²) >= 11 is 0. The van der Waals surface area contributed by atoms with Crippen molar-refractivity contribution in [3.8, 4) is 5.75 Å². The smallest absolute Gasteiger partial charge is 0.401 e. The molecule has 0 saturated carbocycles. The minimum atomic E-state index is -4.27. The second kappa shape index (κ2) is 8.22. The standard InChI is InChI=1S/C19H21F3N2O4/c1-2-9-27-14-4-3-13-10-15(18(26)28-16(13)11-14)17(25)24-7-5-23(6-8-24)12-19(20,21)22/h3-4,10-11H,2,5-9,12H2,1H3. The quantitative estimate of drug-likeness (QED) is 0.725. The summed E-state index contributed by atoms with van der Waals surface area (Å²) in [6, 6.07) is 6.47. The fourth-order valence-corrected chi connectivity index (χ4v) is 3.08. The zero-order valence-electron chi connectivity index (χ0n) is 15.4. The lowest BCUT2D eigenvalue weighted by atomic mass is 10.1. The van der Waals surface area contributed by atoms with Crippen molar-refractivity contribution in [3.05, 3.63) is 40.2 Å².